The van der Waals surface area contributed by atoms with E-state index in [9.17, 15) is 4.79 Å². The summed E-state index contributed by atoms with van der Waals surface area (Å²) in [5, 5.41) is 2.77. The van der Waals surface area contributed by atoms with Crippen LogP contribution < -0.4 is 10.1 Å². The standard InChI is InChI=1S/C16H15NO3/c1-19-16(18)17-10-13-11-6-2-4-8-14(11)20-15-9-5-3-7-12(13)15/h2-9,13H,10H2,1H3,(H,17,18). The second kappa shape index (κ2) is 5.25. The van der Waals surface area contributed by atoms with Crippen LogP contribution in [0.25, 0.3) is 0 Å². The molecule has 1 aliphatic rings. The number of methoxy groups -OCH3 is 1. The van der Waals surface area contributed by atoms with Crippen LogP contribution in [0.2, 0.25) is 0 Å². The van der Waals surface area contributed by atoms with E-state index in [0.29, 0.717) is 6.54 Å². The minimum absolute atomic E-state index is 0.0650. The quantitative estimate of drug-likeness (QED) is 0.910. The smallest absolute Gasteiger partial charge is 0.406 e. The third-order valence-corrected chi connectivity index (χ3v) is 3.44. The largest absolute Gasteiger partial charge is 0.457 e. The molecule has 1 N–H and O–H groups in total. The zero-order chi connectivity index (χ0) is 13.9. The molecule has 3 rings (SSSR count). The number of para-hydroxylation sites is 2. The maximum Gasteiger partial charge on any atom is 0.406 e. The Morgan fingerprint density at radius 2 is 1.65 bits per heavy atom. The number of ether oxygens (including phenoxy) is 2. The fraction of sp³-hybridized carbons (Fsp3) is 0.188. The highest BCUT2D eigenvalue weighted by Crippen LogP contribution is 2.43. The molecule has 1 aliphatic heterocycles. The first-order chi connectivity index (χ1) is 9.79. The molecule has 20 heavy (non-hydrogen) atoms. The fourth-order valence-corrected chi connectivity index (χ4v) is 2.49. The van der Waals surface area contributed by atoms with Gasteiger partial charge in [-0.15, -0.1) is 0 Å². The first kappa shape index (κ1) is 12.5. The van der Waals surface area contributed by atoms with Crippen LogP contribution in [-0.2, 0) is 4.74 Å². The molecule has 0 fully saturated rings. The van der Waals surface area contributed by atoms with Crippen LogP contribution in [-0.4, -0.2) is 19.7 Å². The van der Waals surface area contributed by atoms with Crippen LogP contribution in [0.5, 0.6) is 11.5 Å². The Kier molecular flexibility index (Phi) is 3.29. The number of amides is 1. The number of carbonyl (C=O) groups excluding carboxylic acids is 1. The molecule has 1 heterocycles. The van der Waals surface area contributed by atoms with Crippen LogP contribution >= 0.6 is 0 Å². The van der Waals surface area contributed by atoms with Crippen molar-refractivity contribution in [2.75, 3.05) is 13.7 Å². The third-order valence-electron chi connectivity index (χ3n) is 3.44. The van der Waals surface area contributed by atoms with Gasteiger partial charge in [-0.25, -0.2) is 4.79 Å². The lowest BCUT2D eigenvalue weighted by molar-refractivity contribution is 0.170. The lowest BCUT2D eigenvalue weighted by atomic mass is 9.88. The summed E-state index contributed by atoms with van der Waals surface area (Å²) >= 11 is 0. The second-order valence-corrected chi connectivity index (χ2v) is 4.60. The van der Waals surface area contributed by atoms with Gasteiger partial charge in [-0.3, -0.25) is 0 Å². The van der Waals surface area contributed by atoms with Gasteiger partial charge in [0.15, 0.2) is 0 Å². The Morgan fingerprint density at radius 3 is 2.20 bits per heavy atom. The molecule has 0 radical (unpaired) electrons. The van der Waals surface area contributed by atoms with E-state index < -0.39 is 6.09 Å². The Balaban J connectivity index is 1.97. The number of rotatable bonds is 2. The molecule has 1 amide bonds. The van der Waals surface area contributed by atoms with E-state index in [0.717, 1.165) is 22.6 Å². The predicted octanol–water partition coefficient (Wildman–Crippen LogP) is 3.28. The van der Waals surface area contributed by atoms with E-state index in [1.165, 1.54) is 7.11 Å². The monoisotopic (exact) mass is 269 g/mol. The van der Waals surface area contributed by atoms with Crippen molar-refractivity contribution in [3.8, 4) is 11.5 Å². The first-order valence-corrected chi connectivity index (χ1v) is 6.47. The third kappa shape index (κ3) is 2.20. The Labute approximate surface area is 117 Å². The molecule has 0 bridgehead atoms. The van der Waals surface area contributed by atoms with E-state index in [2.05, 4.69) is 10.1 Å². The summed E-state index contributed by atoms with van der Waals surface area (Å²) in [5.74, 6) is 1.74. The molecule has 2 aromatic carbocycles. The van der Waals surface area contributed by atoms with Crippen molar-refractivity contribution in [2.45, 2.75) is 5.92 Å². The van der Waals surface area contributed by atoms with Crippen molar-refractivity contribution in [3.63, 3.8) is 0 Å². The normalized spacial score (nSPS) is 12.8. The van der Waals surface area contributed by atoms with Crippen LogP contribution in [0.1, 0.15) is 17.0 Å². The number of hydrogen-bond acceptors (Lipinski definition) is 3. The molecule has 4 heteroatoms. The molecule has 0 spiro atoms. The van der Waals surface area contributed by atoms with E-state index in [-0.39, 0.29) is 5.92 Å². The molecule has 0 atom stereocenters. The molecule has 0 saturated carbocycles. The number of benzene rings is 2. The zero-order valence-corrected chi connectivity index (χ0v) is 11.1. The highest BCUT2D eigenvalue weighted by atomic mass is 16.5. The molecule has 0 unspecified atom stereocenters. The number of fused-ring (bicyclic) bond motifs is 2. The number of nitrogens with one attached hydrogen (secondary N) is 1. The van der Waals surface area contributed by atoms with Gasteiger partial charge in [0, 0.05) is 23.6 Å². The van der Waals surface area contributed by atoms with Crippen LogP contribution in [0.3, 0.4) is 0 Å². The Bertz CT molecular complexity index is 594. The average molecular weight is 269 g/mol. The molecule has 0 aromatic heterocycles. The molecule has 0 aliphatic carbocycles. The summed E-state index contributed by atoms with van der Waals surface area (Å²) in [5.41, 5.74) is 2.14. The van der Waals surface area contributed by atoms with E-state index in [1.807, 2.05) is 48.5 Å². The van der Waals surface area contributed by atoms with E-state index >= 15 is 0 Å². The highest BCUT2D eigenvalue weighted by Gasteiger charge is 2.26. The zero-order valence-electron chi connectivity index (χ0n) is 11.1. The minimum Gasteiger partial charge on any atom is -0.457 e. The summed E-state index contributed by atoms with van der Waals surface area (Å²) in [6.07, 6.45) is -0.425. The molecule has 102 valence electrons. The van der Waals surface area contributed by atoms with Crippen molar-refractivity contribution >= 4 is 6.09 Å². The van der Waals surface area contributed by atoms with Crippen molar-refractivity contribution in [1.82, 2.24) is 5.32 Å². The van der Waals surface area contributed by atoms with Gasteiger partial charge in [0.25, 0.3) is 0 Å². The van der Waals surface area contributed by atoms with Gasteiger partial charge in [-0.1, -0.05) is 36.4 Å². The van der Waals surface area contributed by atoms with Gasteiger partial charge >= 0.3 is 6.09 Å². The fourth-order valence-electron chi connectivity index (χ4n) is 2.49. The van der Waals surface area contributed by atoms with Gasteiger partial charge in [0.2, 0.25) is 0 Å². The van der Waals surface area contributed by atoms with Crippen LogP contribution in [0.15, 0.2) is 48.5 Å². The minimum atomic E-state index is -0.425. The second-order valence-electron chi connectivity index (χ2n) is 4.60. The van der Waals surface area contributed by atoms with Crippen molar-refractivity contribution in [1.29, 1.82) is 0 Å². The first-order valence-electron chi connectivity index (χ1n) is 6.47. The SMILES string of the molecule is COC(=O)NCC1c2ccccc2Oc2ccccc21. The maximum absolute atomic E-state index is 11.3. The highest BCUT2D eigenvalue weighted by molar-refractivity contribution is 5.67. The van der Waals surface area contributed by atoms with Gasteiger partial charge in [0.1, 0.15) is 11.5 Å². The average Bonchev–Trinajstić information content (AvgIpc) is 2.51. The topological polar surface area (TPSA) is 47.6 Å². The number of hydrogen-bond donors (Lipinski definition) is 1. The molecule has 2 aromatic rings. The molecular weight excluding hydrogens is 254 g/mol. The summed E-state index contributed by atoms with van der Waals surface area (Å²) in [7, 11) is 1.36. The lowest BCUT2D eigenvalue weighted by Crippen LogP contribution is -2.29. The summed E-state index contributed by atoms with van der Waals surface area (Å²) in [6.45, 7) is 0.476. The van der Waals surface area contributed by atoms with Gasteiger partial charge in [-0.2, -0.15) is 0 Å². The molecule has 0 saturated heterocycles. The van der Waals surface area contributed by atoms with Crippen molar-refractivity contribution in [2.24, 2.45) is 0 Å². The van der Waals surface area contributed by atoms with Gasteiger partial charge < -0.3 is 14.8 Å². The van der Waals surface area contributed by atoms with Gasteiger partial charge in [-0.05, 0) is 12.1 Å². The van der Waals surface area contributed by atoms with Crippen LogP contribution in [0, 0.1) is 0 Å². The number of alkyl carbamates (subject to hydrolysis) is 1. The maximum atomic E-state index is 11.3. The molecule has 4 nitrogen and oxygen atoms in total. The Morgan fingerprint density at radius 1 is 1.10 bits per heavy atom. The molecular formula is C16H15NO3. The van der Waals surface area contributed by atoms with E-state index in [4.69, 9.17) is 4.74 Å². The van der Waals surface area contributed by atoms with E-state index in [1.54, 1.807) is 0 Å². The summed E-state index contributed by atoms with van der Waals surface area (Å²) < 4.78 is 10.5. The van der Waals surface area contributed by atoms with Gasteiger partial charge in [0.05, 0.1) is 7.11 Å². The number of carbonyl (C=O) groups is 1. The van der Waals surface area contributed by atoms with Crippen molar-refractivity contribution in [3.05, 3.63) is 59.7 Å². The van der Waals surface area contributed by atoms with Crippen LogP contribution in [0.4, 0.5) is 4.79 Å². The summed E-state index contributed by atoms with van der Waals surface area (Å²) in [6, 6.07) is 15.8. The Hall–Kier alpha value is -2.49. The van der Waals surface area contributed by atoms with Crippen molar-refractivity contribution < 1.29 is 14.3 Å². The summed E-state index contributed by atoms with van der Waals surface area (Å²) in [4.78, 5) is 11.3. The predicted molar refractivity (Wildman–Crippen MR) is 75.2 cm³/mol. The lowest BCUT2D eigenvalue weighted by Gasteiger charge is -2.28.